The molecule has 0 amide bonds. The van der Waals surface area contributed by atoms with Gasteiger partial charge in [0.25, 0.3) is 0 Å². The highest BCUT2D eigenvalue weighted by atomic mass is 35.5. The van der Waals surface area contributed by atoms with Crippen molar-refractivity contribution >= 4 is 29.2 Å². The maximum absolute atomic E-state index is 11.3. The predicted octanol–water partition coefficient (Wildman–Crippen LogP) is 2.97. The second-order valence-electron chi connectivity index (χ2n) is 2.98. The van der Waals surface area contributed by atoms with Crippen LogP contribution in [0.4, 0.5) is 0 Å². The smallest absolute Gasteiger partial charge is 0.310 e. The minimum atomic E-state index is -0.428. The van der Waals surface area contributed by atoms with E-state index in [-0.39, 0.29) is 11.4 Å². The number of hydrogen-bond donors (Lipinski definition) is 0. The van der Waals surface area contributed by atoms with Gasteiger partial charge < -0.3 is 4.74 Å². The first kappa shape index (κ1) is 12.8. The van der Waals surface area contributed by atoms with Gasteiger partial charge in [0.2, 0.25) is 0 Å². The summed E-state index contributed by atoms with van der Waals surface area (Å²) in [5.74, 6) is -0.428. The van der Waals surface area contributed by atoms with E-state index < -0.39 is 5.97 Å². The Morgan fingerprint density at radius 2 is 2.19 bits per heavy atom. The van der Waals surface area contributed by atoms with Crippen molar-refractivity contribution < 1.29 is 9.53 Å². The molecule has 0 unspecified atom stereocenters. The number of carbonyl (C=O) groups excluding carboxylic acids is 1. The summed E-state index contributed by atoms with van der Waals surface area (Å²) in [5.41, 5.74) is 0.748. The van der Waals surface area contributed by atoms with Crippen LogP contribution in [0.1, 0.15) is 18.1 Å². The van der Waals surface area contributed by atoms with Crippen LogP contribution >= 0.6 is 23.2 Å². The summed E-state index contributed by atoms with van der Waals surface area (Å²) in [5, 5.41) is 9.42. The van der Waals surface area contributed by atoms with Crippen molar-refractivity contribution in [2.45, 2.75) is 13.3 Å². The third-order valence-corrected chi connectivity index (χ3v) is 2.79. The standard InChI is InChI=1S/C11H9Cl2NO2/c1-2-16-10(15)5-8-7(6-14)3-4-9(12)11(8)13/h3-4H,2,5H2,1H3. The van der Waals surface area contributed by atoms with Crippen molar-refractivity contribution in [3.8, 4) is 6.07 Å². The molecule has 0 N–H and O–H groups in total. The van der Waals surface area contributed by atoms with Crippen molar-refractivity contribution in [3.05, 3.63) is 33.3 Å². The molecule has 1 aromatic carbocycles. The fourth-order valence-corrected chi connectivity index (χ4v) is 1.64. The number of benzene rings is 1. The highest BCUT2D eigenvalue weighted by molar-refractivity contribution is 6.42. The second kappa shape index (κ2) is 5.74. The maximum atomic E-state index is 11.3. The highest BCUT2D eigenvalue weighted by Crippen LogP contribution is 2.28. The Balaban J connectivity index is 3.07. The summed E-state index contributed by atoms with van der Waals surface area (Å²) >= 11 is 11.7. The Hall–Kier alpha value is -1.24. The number of halogens is 2. The van der Waals surface area contributed by atoms with Crippen molar-refractivity contribution in [2.24, 2.45) is 0 Å². The van der Waals surface area contributed by atoms with Gasteiger partial charge in [-0.1, -0.05) is 23.2 Å². The zero-order valence-electron chi connectivity index (χ0n) is 8.59. The lowest BCUT2D eigenvalue weighted by Crippen LogP contribution is -2.09. The molecule has 16 heavy (non-hydrogen) atoms. The predicted molar refractivity (Wildman–Crippen MR) is 61.5 cm³/mol. The Morgan fingerprint density at radius 3 is 2.75 bits per heavy atom. The molecule has 84 valence electrons. The summed E-state index contributed by atoms with van der Waals surface area (Å²) < 4.78 is 4.79. The van der Waals surface area contributed by atoms with Gasteiger partial charge in [0.1, 0.15) is 0 Å². The molecular weight excluding hydrogens is 249 g/mol. The van der Waals surface area contributed by atoms with E-state index in [9.17, 15) is 4.79 Å². The van der Waals surface area contributed by atoms with Gasteiger partial charge in [-0.2, -0.15) is 5.26 Å². The van der Waals surface area contributed by atoms with Gasteiger partial charge in [-0.15, -0.1) is 0 Å². The molecule has 1 aromatic rings. The van der Waals surface area contributed by atoms with Crippen LogP contribution in [-0.4, -0.2) is 12.6 Å². The third-order valence-electron chi connectivity index (χ3n) is 1.94. The van der Waals surface area contributed by atoms with Crippen LogP contribution in [0, 0.1) is 11.3 Å². The lowest BCUT2D eigenvalue weighted by Gasteiger charge is -2.07. The summed E-state index contributed by atoms with van der Waals surface area (Å²) in [4.78, 5) is 11.3. The van der Waals surface area contributed by atoms with Crippen LogP contribution in [0.2, 0.25) is 10.0 Å². The van der Waals surface area contributed by atoms with Gasteiger partial charge in [0, 0.05) is 5.56 Å². The lowest BCUT2D eigenvalue weighted by molar-refractivity contribution is -0.142. The molecule has 3 nitrogen and oxygen atoms in total. The van der Waals surface area contributed by atoms with Gasteiger partial charge in [0.15, 0.2) is 0 Å². The normalized spacial score (nSPS) is 9.62. The lowest BCUT2D eigenvalue weighted by atomic mass is 10.1. The minimum Gasteiger partial charge on any atom is -0.466 e. The van der Waals surface area contributed by atoms with Crippen molar-refractivity contribution in [1.29, 1.82) is 5.26 Å². The molecule has 0 atom stereocenters. The molecular formula is C11H9Cl2NO2. The molecule has 0 radical (unpaired) electrons. The van der Waals surface area contributed by atoms with E-state index in [1.807, 2.05) is 6.07 Å². The number of nitriles is 1. The van der Waals surface area contributed by atoms with Crippen LogP contribution < -0.4 is 0 Å². The van der Waals surface area contributed by atoms with E-state index in [1.54, 1.807) is 6.92 Å². The number of esters is 1. The van der Waals surface area contributed by atoms with Crippen LogP contribution in [-0.2, 0) is 16.0 Å². The molecule has 1 rings (SSSR count). The summed E-state index contributed by atoms with van der Waals surface area (Å²) in [7, 11) is 0. The van der Waals surface area contributed by atoms with Gasteiger partial charge in [-0.3, -0.25) is 4.79 Å². The van der Waals surface area contributed by atoms with Gasteiger partial charge in [-0.25, -0.2) is 0 Å². The van der Waals surface area contributed by atoms with Crippen LogP contribution in [0.15, 0.2) is 12.1 Å². The Kier molecular flexibility index (Phi) is 4.60. The van der Waals surface area contributed by atoms with E-state index in [1.165, 1.54) is 12.1 Å². The molecule has 0 heterocycles. The fraction of sp³-hybridized carbons (Fsp3) is 0.273. The first-order valence-corrected chi connectivity index (χ1v) is 5.38. The summed E-state index contributed by atoms with van der Waals surface area (Å²) in [6, 6.07) is 5.02. The molecule has 0 aliphatic heterocycles. The van der Waals surface area contributed by atoms with Gasteiger partial charge >= 0.3 is 5.97 Å². The zero-order chi connectivity index (χ0) is 12.1. The van der Waals surface area contributed by atoms with E-state index >= 15 is 0 Å². The van der Waals surface area contributed by atoms with Gasteiger partial charge in [0.05, 0.1) is 34.7 Å². The number of ether oxygens (including phenoxy) is 1. The average molecular weight is 258 g/mol. The van der Waals surface area contributed by atoms with Crippen LogP contribution in [0.3, 0.4) is 0 Å². The third kappa shape index (κ3) is 2.88. The molecule has 0 aliphatic carbocycles. The molecule has 0 saturated heterocycles. The highest BCUT2D eigenvalue weighted by Gasteiger charge is 2.14. The SMILES string of the molecule is CCOC(=O)Cc1c(C#N)ccc(Cl)c1Cl. The molecule has 0 aromatic heterocycles. The van der Waals surface area contributed by atoms with Crippen molar-refractivity contribution in [3.63, 3.8) is 0 Å². The number of rotatable bonds is 3. The molecule has 5 heteroatoms. The van der Waals surface area contributed by atoms with Crippen molar-refractivity contribution in [2.75, 3.05) is 6.61 Å². The number of hydrogen-bond acceptors (Lipinski definition) is 3. The number of carbonyl (C=O) groups is 1. The average Bonchev–Trinajstić information content (AvgIpc) is 2.25. The molecule has 0 bridgehead atoms. The fourth-order valence-electron chi connectivity index (χ4n) is 1.23. The summed E-state index contributed by atoms with van der Waals surface area (Å²) in [6.07, 6.45) is -0.0455. The van der Waals surface area contributed by atoms with Gasteiger partial charge in [-0.05, 0) is 19.1 Å². The van der Waals surface area contributed by atoms with E-state index in [2.05, 4.69) is 0 Å². The zero-order valence-corrected chi connectivity index (χ0v) is 10.1. The second-order valence-corrected chi connectivity index (χ2v) is 3.77. The Bertz CT molecular complexity index is 452. The first-order chi connectivity index (χ1) is 7.60. The molecule has 0 aliphatic rings. The number of nitrogens with zero attached hydrogens (tertiary/aromatic N) is 1. The monoisotopic (exact) mass is 257 g/mol. The molecule has 0 saturated carbocycles. The Labute approximate surface area is 104 Å². The quantitative estimate of drug-likeness (QED) is 0.783. The topological polar surface area (TPSA) is 50.1 Å². The Morgan fingerprint density at radius 1 is 1.50 bits per heavy atom. The minimum absolute atomic E-state index is 0.0455. The van der Waals surface area contributed by atoms with E-state index in [0.717, 1.165) is 0 Å². The van der Waals surface area contributed by atoms with Crippen LogP contribution in [0.5, 0.6) is 0 Å². The van der Waals surface area contributed by atoms with E-state index in [0.29, 0.717) is 22.8 Å². The first-order valence-electron chi connectivity index (χ1n) is 4.62. The summed E-state index contributed by atoms with van der Waals surface area (Å²) in [6.45, 7) is 2.00. The largest absolute Gasteiger partial charge is 0.466 e. The molecule has 0 spiro atoms. The van der Waals surface area contributed by atoms with Crippen molar-refractivity contribution in [1.82, 2.24) is 0 Å². The van der Waals surface area contributed by atoms with Crippen LogP contribution in [0.25, 0.3) is 0 Å². The maximum Gasteiger partial charge on any atom is 0.310 e. The molecule has 0 fully saturated rings. The van der Waals surface area contributed by atoms with E-state index in [4.69, 9.17) is 33.2 Å².